The molecule has 0 N–H and O–H groups in total. The average Bonchev–Trinajstić information content (AvgIpc) is 2.09. The first-order valence-corrected chi connectivity index (χ1v) is 3.64. The van der Waals surface area contributed by atoms with Crippen LogP contribution in [0.1, 0.15) is 12.5 Å². The Kier molecular flexibility index (Phi) is 2.72. The third-order valence-corrected chi connectivity index (χ3v) is 1.61. The first-order chi connectivity index (χ1) is 5.79. The molecule has 0 aromatic heterocycles. The molecule has 1 rings (SSSR count). The van der Waals surface area contributed by atoms with Gasteiger partial charge in [0.2, 0.25) is 6.08 Å². The zero-order chi connectivity index (χ0) is 8.97. The number of rotatable bonds is 2. The molecular formula is C9H8FNO. The summed E-state index contributed by atoms with van der Waals surface area (Å²) in [5.74, 6) is -0.474. The number of isocyanates is 1. The molecule has 3 heteroatoms. The minimum Gasteiger partial charge on any atom is -0.211 e. The van der Waals surface area contributed by atoms with Gasteiger partial charge in [0.15, 0.2) is 0 Å². The first kappa shape index (κ1) is 8.62. The molecule has 0 saturated heterocycles. The Morgan fingerprint density at radius 2 is 2.33 bits per heavy atom. The maximum Gasteiger partial charge on any atom is 0.240 e. The van der Waals surface area contributed by atoms with E-state index < -0.39 is 5.82 Å². The van der Waals surface area contributed by atoms with Crippen LogP contribution in [0.2, 0.25) is 0 Å². The summed E-state index contributed by atoms with van der Waals surface area (Å²) < 4.78 is 13.0. The van der Waals surface area contributed by atoms with Crippen molar-refractivity contribution in [2.75, 3.05) is 0 Å². The summed E-state index contributed by atoms with van der Waals surface area (Å²) in [5, 5.41) is 0. The Balaban J connectivity index is 3.28. The van der Waals surface area contributed by atoms with Crippen LogP contribution in [-0.2, 0) is 11.2 Å². The molecule has 0 amide bonds. The smallest absolute Gasteiger partial charge is 0.211 e. The van der Waals surface area contributed by atoms with Crippen LogP contribution in [0.25, 0.3) is 0 Å². The number of halogens is 1. The highest BCUT2D eigenvalue weighted by Gasteiger charge is 2.04. The van der Waals surface area contributed by atoms with Gasteiger partial charge in [-0.15, -0.1) is 0 Å². The number of para-hydroxylation sites is 1. The summed E-state index contributed by atoms with van der Waals surface area (Å²) in [5.41, 5.74) is 0.827. The van der Waals surface area contributed by atoms with Gasteiger partial charge in [-0.2, -0.15) is 4.99 Å². The lowest BCUT2D eigenvalue weighted by atomic mass is 10.1. The maximum absolute atomic E-state index is 13.0. The summed E-state index contributed by atoms with van der Waals surface area (Å²) in [4.78, 5) is 13.2. The van der Waals surface area contributed by atoms with Crippen molar-refractivity contribution >= 4 is 11.8 Å². The average molecular weight is 165 g/mol. The first-order valence-electron chi connectivity index (χ1n) is 3.64. The second-order valence-corrected chi connectivity index (χ2v) is 2.30. The van der Waals surface area contributed by atoms with E-state index in [0.29, 0.717) is 6.42 Å². The number of aliphatic imine (C=N–C) groups is 1. The second-order valence-electron chi connectivity index (χ2n) is 2.30. The van der Waals surface area contributed by atoms with Crippen molar-refractivity contribution in [1.82, 2.24) is 0 Å². The molecule has 62 valence electrons. The van der Waals surface area contributed by atoms with Crippen molar-refractivity contribution < 1.29 is 9.18 Å². The lowest BCUT2D eigenvalue weighted by Crippen LogP contribution is -1.84. The van der Waals surface area contributed by atoms with E-state index in [4.69, 9.17) is 0 Å². The van der Waals surface area contributed by atoms with Crippen LogP contribution in [-0.4, -0.2) is 6.08 Å². The summed E-state index contributed by atoms with van der Waals surface area (Å²) in [6.07, 6.45) is 1.99. The van der Waals surface area contributed by atoms with Crippen LogP contribution >= 0.6 is 0 Å². The van der Waals surface area contributed by atoms with Gasteiger partial charge in [-0.3, -0.25) is 0 Å². The van der Waals surface area contributed by atoms with Gasteiger partial charge in [-0.1, -0.05) is 19.1 Å². The van der Waals surface area contributed by atoms with E-state index in [0.717, 1.165) is 5.56 Å². The molecule has 0 aliphatic rings. The van der Waals surface area contributed by atoms with Crippen molar-refractivity contribution in [2.24, 2.45) is 4.99 Å². The Labute approximate surface area is 69.7 Å². The number of hydrogen-bond donors (Lipinski definition) is 0. The Morgan fingerprint density at radius 3 is 2.92 bits per heavy atom. The number of aryl methyl sites for hydroxylation is 1. The highest BCUT2D eigenvalue weighted by molar-refractivity contribution is 5.54. The minimum absolute atomic E-state index is 0.106. The van der Waals surface area contributed by atoms with E-state index in [1.165, 1.54) is 12.1 Å². The summed E-state index contributed by atoms with van der Waals surface area (Å²) in [6, 6.07) is 4.60. The molecule has 0 atom stereocenters. The van der Waals surface area contributed by atoms with Gasteiger partial charge in [0, 0.05) is 0 Å². The summed E-state index contributed by atoms with van der Waals surface area (Å²) in [7, 11) is 0. The minimum atomic E-state index is -0.474. The lowest BCUT2D eigenvalue weighted by molar-refractivity contribution is 0.564. The molecule has 0 fully saturated rings. The number of hydrogen-bond acceptors (Lipinski definition) is 2. The molecule has 1 aromatic rings. The highest BCUT2D eigenvalue weighted by atomic mass is 19.1. The van der Waals surface area contributed by atoms with E-state index >= 15 is 0 Å². The predicted molar refractivity (Wildman–Crippen MR) is 43.6 cm³/mol. The molecule has 0 heterocycles. The standard InChI is InChI=1S/C9H8FNO/c1-2-7-4-3-5-8(10)9(7)11-6-12/h3-5H,2H2,1H3. The van der Waals surface area contributed by atoms with Crippen LogP contribution in [0.4, 0.5) is 10.1 Å². The monoisotopic (exact) mass is 165 g/mol. The molecule has 2 nitrogen and oxygen atoms in total. The van der Waals surface area contributed by atoms with E-state index in [2.05, 4.69) is 4.99 Å². The normalized spacial score (nSPS) is 9.17. The van der Waals surface area contributed by atoms with Crippen LogP contribution in [0.5, 0.6) is 0 Å². The molecule has 1 aromatic carbocycles. The molecule has 0 aliphatic heterocycles. The van der Waals surface area contributed by atoms with E-state index in [1.54, 1.807) is 12.1 Å². The largest absolute Gasteiger partial charge is 0.240 e. The topological polar surface area (TPSA) is 29.4 Å². The van der Waals surface area contributed by atoms with Crippen molar-refractivity contribution in [3.05, 3.63) is 29.6 Å². The molecule has 0 bridgehead atoms. The Morgan fingerprint density at radius 1 is 1.58 bits per heavy atom. The molecule has 0 radical (unpaired) electrons. The van der Waals surface area contributed by atoms with Crippen LogP contribution in [0, 0.1) is 5.82 Å². The third kappa shape index (κ3) is 1.57. The number of benzene rings is 1. The lowest BCUT2D eigenvalue weighted by Gasteiger charge is -2.00. The van der Waals surface area contributed by atoms with E-state index in [-0.39, 0.29) is 5.69 Å². The number of carbonyl (C=O) groups excluding carboxylic acids is 1. The van der Waals surface area contributed by atoms with Crippen molar-refractivity contribution in [2.45, 2.75) is 13.3 Å². The van der Waals surface area contributed by atoms with Gasteiger partial charge >= 0.3 is 0 Å². The van der Waals surface area contributed by atoms with Gasteiger partial charge in [0.1, 0.15) is 11.5 Å². The fraction of sp³-hybridized carbons (Fsp3) is 0.222. The fourth-order valence-electron chi connectivity index (χ4n) is 1.02. The van der Waals surface area contributed by atoms with Crippen molar-refractivity contribution in [1.29, 1.82) is 0 Å². The van der Waals surface area contributed by atoms with Gasteiger partial charge in [-0.05, 0) is 18.1 Å². The van der Waals surface area contributed by atoms with Crippen LogP contribution in [0.3, 0.4) is 0 Å². The van der Waals surface area contributed by atoms with Crippen molar-refractivity contribution in [3.8, 4) is 0 Å². The molecule has 0 aliphatic carbocycles. The van der Waals surface area contributed by atoms with Crippen molar-refractivity contribution in [3.63, 3.8) is 0 Å². The Bertz CT molecular complexity index is 329. The van der Waals surface area contributed by atoms with Gasteiger partial charge in [0.25, 0.3) is 0 Å². The summed E-state index contributed by atoms with van der Waals surface area (Å²) >= 11 is 0. The Hall–Kier alpha value is -1.47. The predicted octanol–water partition coefficient (Wildman–Crippen LogP) is 2.36. The summed E-state index contributed by atoms with van der Waals surface area (Å²) in [6.45, 7) is 1.87. The van der Waals surface area contributed by atoms with Crippen LogP contribution < -0.4 is 0 Å². The second kappa shape index (κ2) is 3.79. The SMILES string of the molecule is CCc1cccc(F)c1N=C=O. The van der Waals surface area contributed by atoms with Gasteiger partial charge < -0.3 is 0 Å². The zero-order valence-corrected chi connectivity index (χ0v) is 6.67. The van der Waals surface area contributed by atoms with Crippen LogP contribution in [0.15, 0.2) is 23.2 Å². The molecule has 0 saturated carbocycles. The number of nitrogens with zero attached hydrogens (tertiary/aromatic N) is 1. The quantitative estimate of drug-likeness (QED) is 0.488. The zero-order valence-electron chi connectivity index (χ0n) is 6.67. The van der Waals surface area contributed by atoms with E-state index in [1.807, 2.05) is 6.92 Å². The fourth-order valence-corrected chi connectivity index (χ4v) is 1.02. The maximum atomic E-state index is 13.0. The molecule has 0 unspecified atom stereocenters. The van der Waals surface area contributed by atoms with Gasteiger partial charge in [-0.25, -0.2) is 9.18 Å². The molecule has 0 spiro atoms. The van der Waals surface area contributed by atoms with Gasteiger partial charge in [0.05, 0.1) is 0 Å². The molecule has 12 heavy (non-hydrogen) atoms. The molecular weight excluding hydrogens is 157 g/mol. The van der Waals surface area contributed by atoms with E-state index in [9.17, 15) is 9.18 Å². The third-order valence-electron chi connectivity index (χ3n) is 1.61. The highest BCUT2D eigenvalue weighted by Crippen LogP contribution is 2.22.